The summed E-state index contributed by atoms with van der Waals surface area (Å²) < 4.78 is 35.9. The average molecular weight is 590 g/mol. The minimum absolute atomic E-state index is 0.0258. The van der Waals surface area contributed by atoms with Gasteiger partial charge in [0.15, 0.2) is 11.6 Å². The molecule has 2 aromatic carbocycles. The van der Waals surface area contributed by atoms with Gasteiger partial charge in [-0.1, -0.05) is 18.1 Å². The average Bonchev–Trinajstić information content (AvgIpc) is 3.55. The van der Waals surface area contributed by atoms with E-state index in [1.54, 1.807) is 4.90 Å². The number of amides is 2. The Morgan fingerprint density at radius 2 is 1.84 bits per heavy atom. The number of rotatable bonds is 7. The van der Waals surface area contributed by atoms with Crippen molar-refractivity contribution in [1.29, 1.82) is 0 Å². The first-order chi connectivity index (χ1) is 20.8. The van der Waals surface area contributed by atoms with Crippen molar-refractivity contribution >= 4 is 28.5 Å². The van der Waals surface area contributed by atoms with Crippen molar-refractivity contribution in [1.82, 2.24) is 20.0 Å². The summed E-state index contributed by atoms with van der Waals surface area (Å²) >= 11 is 0. The molecule has 2 aliphatic rings. The molecule has 3 heterocycles. The lowest BCUT2D eigenvalue weighted by molar-refractivity contribution is -0.126. The lowest BCUT2D eigenvalue weighted by atomic mass is 9.85. The van der Waals surface area contributed by atoms with Crippen molar-refractivity contribution in [2.45, 2.75) is 84.2 Å². The lowest BCUT2D eigenvalue weighted by Gasteiger charge is -2.37. The van der Waals surface area contributed by atoms with Crippen LogP contribution in [0.3, 0.4) is 0 Å². The molecule has 1 saturated carbocycles. The minimum Gasteiger partial charge on any atom is -0.361 e. The van der Waals surface area contributed by atoms with Crippen LogP contribution < -0.4 is 10.2 Å². The van der Waals surface area contributed by atoms with Crippen LogP contribution in [0.5, 0.6) is 0 Å². The van der Waals surface area contributed by atoms with E-state index in [1.165, 1.54) is 6.07 Å². The monoisotopic (exact) mass is 589 g/mol. The molecule has 2 amide bonds. The van der Waals surface area contributed by atoms with Crippen molar-refractivity contribution in [2.75, 3.05) is 11.4 Å². The number of imidazole rings is 1. The predicted octanol–water partition coefficient (Wildman–Crippen LogP) is 7.10. The molecule has 8 nitrogen and oxygen atoms in total. The maximum Gasteiger partial charge on any atom is 0.227 e. The van der Waals surface area contributed by atoms with Crippen molar-refractivity contribution in [2.24, 2.45) is 5.92 Å². The maximum atomic E-state index is 14.4. The number of piperidine rings is 1. The first-order valence-corrected chi connectivity index (χ1v) is 15.3. The number of hydrogen-bond acceptors (Lipinski definition) is 5. The van der Waals surface area contributed by atoms with Gasteiger partial charge < -0.3 is 19.3 Å². The normalized spacial score (nSPS) is 21.0. The van der Waals surface area contributed by atoms with Gasteiger partial charge in [-0.15, -0.1) is 0 Å². The lowest BCUT2D eigenvalue weighted by Crippen LogP contribution is -2.40. The van der Waals surface area contributed by atoms with Crippen LogP contribution in [0.2, 0.25) is 0 Å². The van der Waals surface area contributed by atoms with Crippen molar-refractivity contribution in [3.05, 3.63) is 65.3 Å². The van der Waals surface area contributed by atoms with Gasteiger partial charge in [0.25, 0.3) is 0 Å². The van der Waals surface area contributed by atoms with Crippen LogP contribution in [0, 0.1) is 31.4 Å². The Balaban J connectivity index is 1.43. The Bertz CT molecular complexity index is 1650. The minimum atomic E-state index is -0.994. The summed E-state index contributed by atoms with van der Waals surface area (Å²) in [4.78, 5) is 32.8. The van der Waals surface area contributed by atoms with Gasteiger partial charge in [0.1, 0.15) is 11.6 Å². The topological polar surface area (TPSA) is 93.3 Å². The van der Waals surface area contributed by atoms with Crippen molar-refractivity contribution in [3.63, 3.8) is 0 Å². The van der Waals surface area contributed by atoms with Crippen LogP contribution >= 0.6 is 0 Å². The summed E-state index contributed by atoms with van der Waals surface area (Å²) in [5.74, 6) is -0.560. The van der Waals surface area contributed by atoms with Crippen LogP contribution in [-0.4, -0.2) is 33.1 Å². The fourth-order valence-electron chi connectivity index (χ4n) is 6.85. The number of halogens is 2. The van der Waals surface area contributed by atoms with Crippen LogP contribution in [0.4, 0.5) is 14.5 Å². The fraction of sp³-hybridized carbons (Fsp3) is 0.455. The third kappa shape index (κ3) is 5.43. The summed E-state index contributed by atoms with van der Waals surface area (Å²) in [6.45, 7) is 6.51. The summed E-state index contributed by atoms with van der Waals surface area (Å²) in [5, 5.41) is 7.15. The Morgan fingerprint density at radius 1 is 1.05 bits per heavy atom. The fourth-order valence-corrected chi connectivity index (χ4v) is 6.85. The molecular weight excluding hydrogens is 552 g/mol. The first-order valence-electron chi connectivity index (χ1n) is 15.3. The summed E-state index contributed by atoms with van der Waals surface area (Å²) in [7, 11) is 0. The van der Waals surface area contributed by atoms with E-state index < -0.39 is 17.7 Å². The summed E-state index contributed by atoms with van der Waals surface area (Å²) in [5.41, 5.74) is 4.69. The van der Waals surface area contributed by atoms with E-state index in [4.69, 9.17) is 9.51 Å². The molecule has 10 heteroatoms. The molecule has 0 spiro atoms. The number of nitrogens with zero attached hydrogens (tertiary/aromatic N) is 4. The molecule has 1 aliphatic heterocycles. The Labute approximate surface area is 249 Å². The second kappa shape index (κ2) is 11.9. The number of benzene rings is 2. The molecule has 43 heavy (non-hydrogen) atoms. The molecule has 4 aromatic rings. The first kappa shape index (κ1) is 29.0. The molecule has 1 atom stereocenters. The number of fused-ring (bicyclic) bond motifs is 1. The van der Waals surface area contributed by atoms with Gasteiger partial charge in [-0.05, 0) is 88.6 Å². The second-order valence-corrected chi connectivity index (χ2v) is 11.8. The number of carbonyl (C=O) groups is 2. The Morgan fingerprint density at radius 3 is 2.53 bits per heavy atom. The molecule has 6 rings (SSSR count). The highest BCUT2D eigenvalue weighted by atomic mass is 19.2. The van der Waals surface area contributed by atoms with Gasteiger partial charge in [-0.25, -0.2) is 13.8 Å². The third-order valence-electron chi connectivity index (χ3n) is 8.95. The van der Waals surface area contributed by atoms with Crippen molar-refractivity contribution in [3.8, 4) is 11.1 Å². The maximum absolute atomic E-state index is 14.4. The molecular formula is C33H37F2N5O3. The molecule has 0 unspecified atom stereocenters. The predicted molar refractivity (Wildman–Crippen MR) is 159 cm³/mol. The van der Waals surface area contributed by atoms with E-state index in [0.717, 1.165) is 83.7 Å². The van der Waals surface area contributed by atoms with Crippen LogP contribution in [0.15, 0.2) is 40.9 Å². The third-order valence-corrected chi connectivity index (χ3v) is 8.95. The van der Waals surface area contributed by atoms with E-state index >= 15 is 0 Å². The molecule has 0 bridgehead atoms. The van der Waals surface area contributed by atoms with Gasteiger partial charge in [-0.3, -0.25) is 9.59 Å². The zero-order valence-electron chi connectivity index (χ0n) is 24.8. The highest BCUT2D eigenvalue weighted by Gasteiger charge is 2.37. The van der Waals surface area contributed by atoms with E-state index in [0.29, 0.717) is 31.5 Å². The molecule has 0 radical (unpaired) electrons. The second-order valence-electron chi connectivity index (χ2n) is 11.8. The number of aryl methyl sites for hydroxylation is 2. The molecule has 2 fully saturated rings. The molecule has 1 N–H and O–H groups in total. The van der Waals surface area contributed by atoms with E-state index in [9.17, 15) is 18.4 Å². The Kier molecular flexibility index (Phi) is 8.03. The molecule has 2 aromatic heterocycles. The number of hydrogen-bond donors (Lipinski definition) is 1. The number of nitrogens with one attached hydrogen (secondary N) is 1. The quantitative estimate of drug-likeness (QED) is 0.248. The molecule has 226 valence electrons. The van der Waals surface area contributed by atoms with Crippen LogP contribution in [0.1, 0.15) is 87.7 Å². The van der Waals surface area contributed by atoms with E-state index in [-0.39, 0.29) is 23.8 Å². The molecule has 1 saturated heterocycles. The summed E-state index contributed by atoms with van der Waals surface area (Å²) in [6.07, 6.45) is 5.63. The smallest absolute Gasteiger partial charge is 0.227 e. The highest BCUT2D eigenvalue weighted by molar-refractivity contribution is 5.95. The van der Waals surface area contributed by atoms with Crippen molar-refractivity contribution < 1.29 is 22.9 Å². The van der Waals surface area contributed by atoms with Gasteiger partial charge in [-0.2, -0.15) is 0 Å². The molecule has 1 aliphatic carbocycles. The highest BCUT2D eigenvalue weighted by Crippen LogP contribution is 2.42. The number of aromatic nitrogens is 3. The zero-order chi connectivity index (χ0) is 30.2. The number of carbonyl (C=O) groups excluding carboxylic acids is 2. The Hall–Kier alpha value is -4.08. The largest absolute Gasteiger partial charge is 0.361 e. The SMILES string of the molecule is CCCNC(=O)[C@H]1CC[C@H](n2c([C@@H]3CCCC(=O)N3c3ccc(F)c(F)c3)nc3cc(-c4c(C)noc4C)ccc32)CC1. The van der Waals surface area contributed by atoms with Gasteiger partial charge in [0.2, 0.25) is 11.8 Å². The van der Waals surface area contributed by atoms with Gasteiger partial charge in [0.05, 0.1) is 22.8 Å². The van der Waals surface area contributed by atoms with E-state index in [1.807, 2.05) is 32.9 Å². The standard InChI is InChI=1S/C33H37F2N5O3/c1-4-16-36-33(42)21-8-11-23(12-9-21)40-28-15-10-22(31-19(2)38-43-20(31)3)17-27(28)37-32(40)29-6-5-7-30(41)39(29)24-13-14-25(34)26(35)18-24/h10,13-15,17-18,21,23,29H,4-9,11-12,16H2,1-3H3,(H,36,42)/t21-,23-,29-/m0/s1. The van der Waals surface area contributed by atoms with Crippen LogP contribution in [-0.2, 0) is 9.59 Å². The zero-order valence-corrected chi connectivity index (χ0v) is 24.8. The van der Waals surface area contributed by atoms with E-state index in [2.05, 4.69) is 21.1 Å². The van der Waals surface area contributed by atoms with Gasteiger partial charge >= 0.3 is 0 Å². The van der Waals surface area contributed by atoms with Crippen LogP contribution in [0.25, 0.3) is 22.2 Å². The summed E-state index contributed by atoms with van der Waals surface area (Å²) in [6, 6.07) is 9.35. The number of anilines is 1. The van der Waals surface area contributed by atoms with Gasteiger partial charge in [0, 0.05) is 42.2 Å².